The van der Waals surface area contributed by atoms with Crippen molar-refractivity contribution >= 4 is 30.6 Å². The summed E-state index contributed by atoms with van der Waals surface area (Å²) < 4.78 is 35.2. The molecule has 0 bridgehead atoms. The monoisotopic (exact) mass is 247 g/mol. The Hall–Kier alpha value is -1.07. The molecule has 0 fully saturated rings. The normalized spacial score (nSPS) is 12.1. The van der Waals surface area contributed by atoms with Crippen molar-refractivity contribution in [3.05, 3.63) is 35.8 Å². The third-order valence-electron chi connectivity index (χ3n) is 2.06. The molecule has 0 aliphatic heterocycles. The van der Waals surface area contributed by atoms with E-state index in [4.69, 9.17) is 10.7 Å². The van der Waals surface area contributed by atoms with Crippen molar-refractivity contribution in [3.63, 3.8) is 0 Å². The van der Waals surface area contributed by atoms with Gasteiger partial charge in [-0.2, -0.15) is 0 Å². The van der Waals surface area contributed by atoms with E-state index in [1.54, 1.807) is 12.1 Å². The molecule has 1 heterocycles. The van der Waals surface area contributed by atoms with Gasteiger partial charge in [-0.1, -0.05) is 6.07 Å². The molecule has 1 aromatic carbocycles. The summed E-state index contributed by atoms with van der Waals surface area (Å²) in [5.41, 5.74) is 0.906. The number of hydrogen-bond donors (Lipinski definition) is 1. The maximum Gasteiger partial charge on any atom is 0.236 e. The number of halogens is 2. The number of benzene rings is 1. The van der Waals surface area contributed by atoms with E-state index >= 15 is 0 Å². The van der Waals surface area contributed by atoms with E-state index in [1.165, 1.54) is 12.3 Å². The second-order valence-electron chi connectivity index (χ2n) is 3.16. The largest absolute Gasteiger partial charge is 0.361 e. The first-order chi connectivity index (χ1) is 6.97. The van der Waals surface area contributed by atoms with Gasteiger partial charge in [-0.25, -0.2) is 12.8 Å². The highest BCUT2D eigenvalue weighted by Crippen LogP contribution is 2.23. The number of nitrogens with one attached hydrogen (secondary N) is 1. The van der Waals surface area contributed by atoms with Crippen LogP contribution in [0.3, 0.4) is 0 Å². The minimum absolute atomic E-state index is 0.279. The Morgan fingerprint density at radius 2 is 2.13 bits per heavy atom. The van der Waals surface area contributed by atoms with Crippen LogP contribution in [0.15, 0.2) is 24.4 Å². The summed E-state index contributed by atoms with van der Waals surface area (Å²) in [5.74, 6) is -0.834. The van der Waals surface area contributed by atoms with Crippen LogP contribution in [-0.4, -0.2) is 13.4 Å². The summed E-state index contributed by atoms with van der Waals surface area (Å²) in [7, 11) is 1.44. The van der Waals surface area contributed by atoms with Gasteiger partial charge < -0.3 is 4.98 Å². The fourth-order valence-electron chi connectivity index (χ4n) is 1.51. The molecule has 1 N–H and O–H groups in total. The van der Waals surface area contributed by atoms with Gasteiger partial charge in [0.1, 0.15) is 5.82 Å². The predicted octanol–water partition coefficient (Wildman–Crippen LogP) is 2.38. The summed E-state index contributed by atoms with van der Waals surface area (Å²) in [4.78, 5) is 2.79. The van der Waals surface area contributed by atoms with E-state index in [0.29, 0.717) is 11.1 Å². The Morgan fingerprint density at radius 3 is 2.80 bits per heavy atom. The maximum absolute atomic E-state index is 13.4. The van der Waals surface area contributed by atoms with Crippen LogP contribution in [0.2, 0.25) is 0 Å². The fourth-order valence-corrected chi connectivity index (χ4v) is 2.46. The Bertz CT molecular complexity index is 606. The van der Waals surface area contributed by atoms with E-state index in [1.807, 2.05) is 0 Å². The lowest BCUT2D eigenvalue weighted by atomic mass is 10.2. The highest BCUT2D eigenvalue weighted by molar-refractivity contribution is 8.13. The average Bonchev–Trinajstić information content (AvgIpc) is 2.47. The molecule has 0 amide bonds. The summed E-state index contributed by atoms with van der Waals surface area (Å²) in [6, 6.07) is 4.50. The number of rotatable bonds is 2. The van der Waals surface area contributed by atoms with Crippen LogP contribution in [0.5, 0.6) is 0 Å². The predicted molar refractivity (Wildman–Crippen MR) is 56.7 cm³/mol. The highest BCUT2D eigenvalue weighted by atomic mass is 35.7. The van der Waals surface area contributed by atoms with Gasteiger partial charge in [0, 0.05) is 27.8 Å². The molecule has 0 saturated carbocycles. The van der Waals surface area contributed by atoms with Gasteiger partial charge in [0.2, 0.25) is 9.05 Å². The van der Waals surface area contributed by atoms with Gasteiger partial charge in [0.25, 0.3) is 0 Å². The zero-order valence-corrected chi connectivity index (χ0v) is 9.07. The molecular weight excluding hydrogens is 241 g/mol. The van der Waals surface area contributed by atoms with Crippen molar-refractivity contribution in [2.75, 3.05) is 0 Å². The zero-order chi connectivity index (χ0) is 11.1. The SMILES string of the molecule is O=S(=O)(Cl)Cc1c[nH]c2cccc(F)c12. The van der Waals surface area contributed by atoms with Gasteiger partial charge in [-0.15, -0.1) is 0 Å². The van der Waals surface area contributed by atoms with Crippen molar-refractivity contribution < 1.29 is 12.8 Å². The van der Waals surface area contributed by atoms with Crippen molar-refractivity contribution in [2.45, 2.75) is 5.75 Å². The molecule has 0 atom stereocenters. The van der Waals surface area contributed by atoms with Crippen LogP contribution in [-0.2, 0) is 14.8 Å². The van der Waals surface area contributed by atoms with E-state index in [-0.39, 0.29) is 11.1 Å². The first kappa shape index (κ1) is 10.4. The topological polar surface area (TPSA) is 49.9 Å². The second kappa shape index (κ2) is 3.50. The molecule has 0 aliphatic carbocycles. The summed E-state index contributed by atoms with van der Waals surface area (Å²) in [6.07, 6.45) is 1.45. The Kier molecular flexibility index (Phi) is 2.44. The van der Waals surface area contributed by atoms with E-state index in [2.05, 4.69) is 4.98 Å². The maximum atomic E-state index is 13.4. The second-order valence-corrected chi connectivity index (χ2v) is 5.94. The fraction of sp³-hybridized carbons (Fsp3) is 0.111. The third-order valence-corrected chi connectivity index (χ3v) is 3.05. The van der Waals surface area contributed by atoms with Crippen LogP contribution in [0, 0.1) is 5.82 Å². The quantitative estimate of drug-likeness (QED) is 0.829. The molecule has 1 aromatic heterocycles. The Labute approximate surface area is 90.3 Å². The number of fused-ring (bicyclic) bond motifs is 1. The lowest BCUT2D eigenvalue weighted by Crippen LogP contribution is -1.94. The Balaban J connectivity index is 2.63. The molecule has 2 aromatic rings. The highest BCUT2D eigenvalue weighted by Gasteiger charge is 2.14. The zero-order valence-electron chi connectivity index (χ0n) is 7.50. The van der Waals surface area contributed by atoms with Crippen LogP contribution < -0.4 is 0 Å². The standard InChI is InChI=1S/C9H7ClFNO2S/c10-15(13,14)5-6-4-12-8-3-1-2-7(11)9(6)8/h1-4,12H,5H2. The molecule has 0 aliphatic rings. The smallest absolute Gasteiger partial charge is 0.236 e. The van der Waals surface area contributed by atoms with E-state index in [9.17, 15) is 12.8 Å². The van der Waals surface area contributed by atoms with Gasteiger partial charge >= 0.3 is 0 Å². The number of aromatic nitrogens is 1. The van der Waals surface area contributed by atoms with Gasteiger partial charge in [-0.3, -0.25) is 0 Å². The summed E-state index contributed by atoms with van der Waals surface area (Å²) in [6.45, 7) is 0. The first-order valence-corrected chi connectivity index (χ1v) is 6.62. The van der Waals surface area contributed by atoms with Gasteiger partial charge in [0.05, 0.1) is 5.75 Å². The first-order valence-electron chi connectivity index (χ1n) is 4.14. The third kappa shape index (κ3) is 2.13. The molecule has 15 heavy (non-hydrogen) atoms. The van der Waals surface area contributed by atoms with Crippen LogP contribution in [0.1, 0.15) is 5.56 Å². The summed E-state index contributed by atoms with van der Waals surface area (Å²) >= 11 is 0. The molecule has 2 rings (SSSR count). The van der Waals surface area contributed by atoms with E-state index < -0.39 is 14.9 Å². The van der Waals surface area contributed by atoms with Crippen molar-refractivity contribution in [1.29, 1.82) is 0 Å². The van der Waals surface area contributed by atoms with Crippen LogP contribution >= 0.6 is 10.7 Å². The average molecular weight is 248 g/mol. The van der Waals surface area contributed by atoms with Crippen LogP contribution in [0.25, 0.3) is 10.9 Å². The molecule has 0 radical (unpaired) electrons. The molecule has 0 spiro atoms. The molecule has 0 unspecified atom stereocenters. The lowest BCUT2D eigenvalue weighted by molar-refractivity contribution is 0.609. The van der Waals surface area contributed by atoms with Crippen LogP contribution in [0.4, 0.5) is 4.39 Å². The van der Waals surface area contributed by atoms with Gasteiger partial charge in [-0.05, 0) is 17.7 Å². The van der Waals surface area contributed by atoms with Crippen molar-refractivity contribution in [2.24, 2.45) is 0 Å². The molecular formula is C9H7ClFNO2S. The Morgan fingerprint density at radius 1 is 1.40 bits per heavy atom. The molecule has 80 valence electrons. The van der Waals surface area contributed by atoms with Gasteiger partial charge in [0.15, 0.2) is 0 Å². The molecule has 6 heteroatoms. The number of hydrogen-bond acceptors (Lipinski definition) is 2. The minimum atomic E-state index is -3.67. The van der Waals surface area contributed by atoms with Crippen molar-refractivity contribution in [3.8, 4) is 0 Å². The van der Waals surface area contributed by atoms with Crippen molar-refractivity contribution in [1.82, 2.24) is 4.98 Å². The van der Waals surface area contributed by atoms with E-state index in [0.717, 1.165) is 0 Å². The number of aromatic amines is 1. The molecule has 3 nitrogen and oxygen atoms in total. The summed E-state index contributed by atoms with van der Waals surface area (Å²) in [5, 5.41) is 0.279. The molecule has 0 saturated heterocycles. The lowest BCUT2D eigenvalue weighted by Gasteiger charge is -1.96. The minimum Gasteiger partial charge on any atom is -0.361 e. The number of H-pyrrole nitrogens is 1.